The Balaban J connectivity index is 1.75. The quantitative estimate of drug-likeness (QED) is 0.843. The van der Waals surface area contributed by atoms with Crippen LogP contribution in [0, 0.1) is 11.3 Å². The monoisotopic (exact) mass is 281 g/mol. The number of nitriles is 1. The van der Waals surface area contributed by atoms with Gasteiger partial charge in [0.2, 0.25) is 0 Å². The third-order valence-electron chi connectivity index (χ3n) is 4.10. The van der Waals surface area contributed by atoms with Crippen molar-refractivity contribution in [3.05, 3.63) is 30.5 Å². The number of para-hydroxylation sites is 2. The molecule has 0 radical (unpaired) electrons. The largest absolute Gasteiger partial charge is 0.353 e. The lowest BCUT2D eigenvalue weighted by Gasteiger charge is -2.40. The molecule has 1 aliphatic rings. The first-order chi connectivity index (χ1) is 10.1. The van der Waals surface area contributed by atoms with Gasteiger partial charge in [-0.25, -0.2) is 4.98 Å². The van der Waals surface area contributed by atoms with Crippen molar-refractivity contribution >= 4 is 16.9 Å². The van der Waals surface area contributed by atoms with Crippen LogP contribution in [0.3, 0.4) is 0 Å². The van der Waals surface area contributed by atoms with E-state index in [1.165, 1.54) is 0 Å². The van der Waals surface area contributed by atoms with Crippen LogP contribution in [0.1, 0.15) is 13.8 Å². The zero-order chi connectivity index (χ0) is 14.9. The van der Waals surface area contributed by atoms with E-state index in [1.54, 1.807) is 0 Å². The highest BCUT2D eigenvalue weighted by molar-refractivity contribution is 5.75. The van der Waals surface area contributed by atoms with Gasteiger partial charge < -0.3 is 4.90 Å². The lowest BCUT2D eigenvalue weighted by Crippen LogP contribution is -2.54. The van der Waals surface area contributed by atoms with E-state index in [0.29, 0.717) is 0 Å². The van der Waals surface area contributed by atoms with Gasteiger partial charge in [-0.2, -0.15) is 5.26 Å². The molecule has 0 saturated carbocycles. The molecule has 1 aromatic heterocycles. The summed E-state index contributed by atoms with van der Waals surface area (Å²) in [5, 5.41) is 9.22. The zero-order valence-corrected chi connectivity index (χ0v) is 12.5. The Morgan fingerprint density at radius 3 is 2.43 bits per heavy atom. The van der Waals surface area contributed by atoms with E-state index in [2.05, 4.69) is 25.8 Å². The smallest absolute Gasteiger partial charge is 0.147 e. The van der Waals surface area contributed by atoms with Crippen LogP contribution >= 0.6 is 0 Å². The molecular weight excluding hydrogens is 262 g/mol. The van der Waals surface area contributed by atoms with Crippen molar-refractivity contribution in [3.8, 4) is 6.07 Å². The van der Waals surface area contributed by atoms with Crippen LogP contribution in [0.25, 0.3) is 11.0 Å². The fourth-order valence-corrected chi connectivity index (χ4v) is 2.67. The first kappa shape index (κ1) is 13.8. The summed E-state index contributed by atoms with van der Waals surface area (Å²) >= 11 is 0. The Bertz CT molecular complexity index is 680. The number of hydrogen-bond donors (Lipinski definition) is 0. The molecule has 2 aromatic rings. The average Bonchev–Trinajstić information content (AvgIpc) is 2.54. The fourth-order valence-electron chi connectivity index (χ4n) is 2.67. The van der Waals surface area contributed by atoms with Gasteiger partial charge in [-0.05, 0) is 26.0 Å². The second-order valence-electron chi connectivity index (χ2n) is 5.86. The summed E-state index contributed by atoms with van der Waals surface area (Å²) in [7, 11) is 0. The molecule has 0 atom stereocenters. The third kappa shape index (κ3) is 2.67. The summed E-state index contributed by atoms with van der Waals surface area (Å²) in [4.78, 5) is 13.6. The molecule has 0 aliphatic carbocycles. The topological polar surface area (TPSA) is 56.1 Å². The molecule has 0 unspecified atom stereocenters. The third-order valence-corrected chi connectivity index (χ3v) is 4.10. The van der Waals surface area contributed by atoms with E-state index in [9.17, 15) is 5.26 Å². The number of hydrogen-bond acceptors (Lipinski definition) is 5. The Kier molecular flexibility index (Phi) is 3.48. The van der Waals surface area contributed by atoms with Crippen molar-refractivity contribution in [2.75, 3.05) is 31.1 Å². The fraction of sp³-hybridized carbons (Fsp3) is 0.438. The summed E-state index contributed by atoms with van der Waals surface area (Å²) in [6, 6.07) is 10.3. The highest BCUT2D eigenvalue weighted by atomic mass is 15.3. The Hall–Kier alpha value is -2.19. The predicted molar refractivity (Wildman–Crippen MR) is 83.0 cm³/mol. The van der Waals surface area contributed by atoms with Crippen molar-refractivity contribution in [3.63, 3.8) is 0 Å². The highest BCUT2D eigenvalue weighted by Crippen LogP contribution is 2.20. The number of anilines is 1. The molecule has 2 heterocycles. The van der Waals surface area contributed by atoms with Crippen LogP contribution < -0.4 is 4.90 Å². The van der Waals surface area contributed by atoms with Crippen LogP contribution in [0.5, 0.6) is 0 Å². The molecule has 1 aliphatic heterocycles. The molecule has 1 fully saturated rings. The number of benzene rings is 1. The second-order valence-corrected chi connectivity index (χ2v) is 5.86. The van der Waals surface area contributed by atoms with Gasteiger partial charge in [0.25, 0.3) is 0 Å². The average molecular weight is 281 g/mol. The molecule has 108 valence electrons. The summed E-state index contributed by atoms with van der Waals surface area (Å²) in [5.41, 5.74) is 1.45. The molecule has 1 saturated heterocycles. The molecular formula is C16H19N5. The van der Waals surface area contributed by atoms with Crippen LogP contribution in [0.4, 0.5) is 5.82 Å². The Morgan fingerprint density at radius 2 is 1.76 bits per heavy atom. The Labute approximate surface area is 124 Å². The maximum absolute atomic E-state index is 9.22. The lowest BCUT2D eigenvalue weighted by molar-refractivity contribution is 0.158. The molecule has 5 heteroatoms. The minimum Gasteiger partial charge on any atom is -0.353 e. The van der Waals surface area contributed by atoms with Crippen LogP contribution in [-0.2, 0) is 0 Å². The molecule has 0 spiro atoms. The van der Waals surface area contributed by atoms with Crippen LogP contribution in [0.2, 0.25) is 0 Å². The Morgan fingerprint density at radius 1 is 1.10 bits per heavy atom. The summed E-state index contributed by atoms with van der Waals surface area (Å²) in [5.74, 6) is 0.920. The number of fused-ring (bicyclic) bond motifs is 1. The minimum absolute atomic E-state index is 0.402. The van der Waals surface area contributed by atoms with Gasteiger partial charge in [0, 0.05) is 26.2 Å². The highest BCUT2D eigenvalue weighted by Gasteiger charge is 2.30. The molecule has 5 nitrogen and oxygen atoms in total. The maximum atomic E-state index is 9.22. The van der Waals surface area contributed by atoms with Crippen molar-refractivity contribution in [2.45, 2.75) is 19.4 Å². The van der Waals surface area contributed by atoms with Gasteiger partial charge >= 0.3 is 0 Å². The van der Waals surface area contributed by atoms with Gasteiger partial charge in [0.15, 0.2) is 0 Å². The lowest BCUT2D eigenvalue weighted by atomic mass is 10.0. The predicted octanol–water partition coefficient (Wildman–Crippen LogP) is 2.05. The first-order valence-corrected chi connectivity index (χ1v) is 7.23. The van der Waals surface area contributed by atoms with E-state index >= 15 is 0 Å². The second kappa shape index (κ2) is 5.30. The SMILES string of the molecule is CC(C)(C#N)N1CCN(c2cnc3ccccc3n2)CC1. The van der Waals surface area contributed by atoms with Gasteiger partial charge in [-0.15, -0.1) is 0 Å². The minimum atomic E-state index is -0.402. The van der Waals surface area contributed by atoms with Crippen molar-refractivity contribution in [1.29, 1.82) is 5.26 Å². The van der Waals surface area contributed by atoms with E-state index < -0.39 is 5.54 Å². The standard InChI is InChI=1S/C16H19N5/c1-16(2,12-17)21-9-7-20(8-10-21)15-11-18-13-5-3-4-6-14(13)19-15/h3-6,11H,7-10H2,1-2H3. The van der Waals surface area contributed by atoms with E-state index in [-0.39, 0.29) is 0 Å². The van der Waals surface area contributed by atoms with Gasteiger partial charge in [0.1, 0.15) is 11.4 Å². The molecule has 1 aromatic carbocycles. The summed E-state index contributed by atoms with van der Waals surface area (Å²) < 4.78 is 0. The van der Waals surface area contributed by atoms with E-state index in [4.69, 9.17) is 0 Å². The molecule has 3 rings (SSSR count). The normalized spacial score (nSPS) is 16.9. The first-order valence-electron chi connectivity index (χ1n) is 7.23. The molecule has 21 heavy (non-hydrogen) atoms. The summed E-state index contributed by atoms with van der Waals surface area (Å²) in [6.07, 6.45) is 1.84. The molecule has 0 N–H and O–H groups in total. The van der Waals surface area contributed by atoms with Crippen molar-refractivity contribution in [1.82, 2.24) is 14.9 Å². The van der Waals surface area contributed by atoms with E-state index in [0.717, 1.165) is 43.0 Å². The maximum Gasteiger partial charge on any atom is 0.147 e. The molecule has 0 amide bonds. The van der Waals surface area contributed by atoms with Crippen LogP contribution in [0.15, 0.2) is 30.5 Å². The van der Waals surface area contributed by atoms with E-state index in [1.807, 2.05) is 44.3 Å². The summed E-state index contributed by atoms with van der Waals surface area (Å²) in [6.45, 7) is 7.43. The van der Waals surface area contributed by atoms with Crippen molar-refractivity contribution < 1.29 is 0 Å². The van der Waals surface area contributed by atoms with Gasteiger partial charge in [-0.3, -0.25) is 9.88 Å². The number of rotatable bonds is 2. The van der Waals surface area contributed by atoms with Crippen LogP contribution in [-0.4, -0.2) is 46.6 Å². The van der Waals surface area contributed by atoms with Crippen molar-refractivity contribution in [2.24, 2.45) is 0 Å². The molecule has 0 bridgehead atoms. The zero-order valence-electron chi connectivity index (χ0n) is 12.5. The van der Waals surface area contributed by atoms with Gasteiger partial charge in [-0.1, -0.05) is 12.1 Å². The number of piperazine rings is 1. The number of aromatic nitrogens is 2. The number of nitrogens with zero attached hydrogens (tertiary/aromatic N) is 5. The van der Waals surface area contributed by atoms with Gasteiger partial charge in [0.05, 0.1) is 23.3 Å².